The Morgan fingerprint density at radius 3 is 2.45 bits per heavy atom. The van der Waals surface area contributed by atoms with Crippen LogP contribution < -0.4 is 10.5 Å². The molecule has 1 aromatic rings. The lowest BCUT2D eigenvalue weighted by Crippen LogP contribution is -2.63. The molecule has 1 amide bonds. The van der Waals surface area contributed by atoms with Crippen molar-refractivity contribution in [3.8, 4) is 11.5 Å². The number of benzene rings is 1. The molecule has 4 atom stereocenters. The number of aromatic hydroxyl groups is 1. The van der Waals surface area contributed by atoms with Crippen molar-refractivity contribution < 1.29 is 39.5 Å². The third kappa shape index (κ3) is 3.56. The highest BCUT2D eigenvalue weighted by molar-refractivity contribution is 6.24. The summed E-state index contributed by atoms with van der Waals surface area (Å²) < 4.78 is 5.75. The highest BCUT2D eigenvalue weighted by Gasteiger charge is 2.63. The molecule has 1 aliphatic heterocycles. The highest BCUT2D eigenvalue weighted by Crippen LogP contribution is 2.53. The fraction of sp³-hybridized carbons (Fsp3) is 0.519. The Bertz CT molecular complexity index is 1310. The van der Waals surface area contributed by atoms with Crippen LogP contribution >= 0.6 is 0 Å². The zero-order chi connectivity index (χ0) is 27.7. The second kappa shape index (κ2) is 9.11. The molecule has 1 saturated heterocycles. The Hall–Kier alpha value is -3.41. The lowest BCUT2D eigenvalue weighted by Gasteiger charge is -2.50. The Kier molecular flexibility index (Phi) is 6.28. The lowest BCUT2D eigenvalue weighted by atomic mass is 9.58. The zero-order valence-corrected chi connectivity index (χ0v) is 21.7. The van der Waals surface area contributed by atoms with Gasteiger partial charge in [0.25, 0.3) is 5.91 Å². The summed E-state index contributed by atoms with van der Waals surface area (Å²) in [7, 11) is 4.70. The van der Waals surface area contributed by atoms with E-state index in [4.69, 9.17) is 10.5 Å². The normalized spacial score (nSPS) is 29.4. The number of carbonyl (C=O) groups is 3. The van der Waals surface area contributed by atoms with Crippen molar-refractivity contribution in [1.82, 2.24) is 9.80 Å². The number of nitrogens with two attached hydrogens (primary N) is 1. The highest BCUT2D eigenvalue weighted by atomic mass is 16.5. The third-order valence-electron chi connectivity index (χ3n) is 8.55. The first kappa shape index (κ1) is 26.2. The van der Waals surface area contributed by atoms with Crippen LogP contribution in [0.5, 0.6) is 11.5 Å². The zero-order valence-electron chi connectivity index (χ0n) is 21.7. The molecule has 0 bridgehead atoms. The number of fused-ring (bicyclic) bond motifs is 3. The van der Waals surface area contributed by atoms with Gasteiger partial charge in [0.1, 0.15) is 28.6 Å². The molecule has 5 rings (SSSR count). The number of nitrogens with zero attached hydrogens (tertiary/aromatic N) is 2. The van der Waals surface area contributed by atoms with E-state index in [1.807, 2.05) is 0 Å². The first-order chi connectivity index (χ1) is 17.9. The number of methoxy groups -OCH3 is 1. The number of hydrogen-bond donors (Lipinski definition) is 5. The molecule has 1 heterocycles. The van der Waals surface area contributed by atoms with Crippen molar-refractivity contribution >= 4 is 17.5 Å². The molecule has 3 aliphatic carbocycles. The Morgan fingerprint density at radius 2 is 1.87 bits per heavy atom. The number of ether oxygens (including phenoxy) is 1. The van der Waals surface area contributed by atoms with Crippen LogP contribution in [0.2, 0.25) is 0 Å². The van der Waals surface area contributed by atoms with Crippen LogP contribution in [-0.2, 0) is 22.6 Å². The predicted octanol–water partition coefficient (Wildman–Crippen LogP) is 0.725. The average Bonchev–Trinajstić information content (AvgIpc) is 3.34. The molecule has 0 aromatic heterocycles. The standard InChI is InChI=1S/C27H33N3O8/c1-29(2)20-15-9-12-8-14-18(16(31)10-13(23(14)38-3)11-30-6-4-5-7-30)21(32)17(12)24(34)27(15,37)25(35)19(22(20)33)26(28)36/h10,12,15,20,31,33-34,37H,4-9,11H2,1-3H3,(H2,28,36)/t12-,15-,20-,27-/m0/s1. The van der Waals surface area contributed by atoms with Gasteiger partial charge < -0.3 is 30.9 Å². The van der Waals surface area contributed by atoms with Crippen molar-refractivity contribution in [3.63, 3.8) is 0 Å². The van der Waals surface area contributed by atoms with Crippen molar-refractivity contribution in [2.75, 3.05) is 34.3 Å². The Labute approximate surface area is 219 Å². The van der Waals surface area contributed by atoms with Gasteiger partial charge in [0.2, 0.25) is 5.78 Å². The minimum absolute atomic E-state index is 0.0338. The van der Waals surface area contributed by atoms with E-state index in [0.29, 0.717) is 17.9 Å². The summed E-state index contributed by atoms with van der Waals surface area (Å²) in [6.45, 7) is 2.40. The maximum atomic E-state index is 13.8. The van der Waals surface area contributed by atoms with Crippen molar-refractivity contribution in [2.24, 2.45) is 17.6 Å². The van der Waals surface area contributed by atoms with Crippen LogP contribution in [0, 0.1) is 11.8 Å². The van der Waals surface area contributed by atoms with Gasteiger partial charge in [-0.1, -0.05) is 0 Å². The molecule has 1 aromatic carbocycles. The minimum Gasteiger partial charge on any atom is -0.510 e. The predicted molar refractivity (Wildman–Crippen MR) is 135 cm³/mol. The number of carbonyl (C=O) groups excluding carboxylic acids is 3. The van der Waals surface area contributed by atoms with E-state index in [1.165, 1.54) is 18.1 Å². The molecule has 0 spiro atoms. The fourth-order valence-electron chi connectivity index (χ4n) is 6.92. The molecule has 0 saturated carbocycles. The Morgan fingerprint density at radius 1 is 1.21 bits per heavy atom. The molecular formula is C27H33N3O8. The van der Waals surface area contributed by atoms with Crippen LogP contribution in [-0.4, -0.2) is 93.6 Å². The van der Waals surface area contributed by atoms with E-state index in [0.717, 1.165) is 31.5 Å². The number of allylic oxidation sites excluding steroid dienone is 1. The smallest absolute Gasteiger partial charge is 0.255 e. The fourth-order valence-corrected chi connectivity index (χ4v) is 6.92. The second-order valence-electron chi connectivity index (χ2n) is 10.9. The van der Waals surface area contributed by atoms with Crippen LogP contribution in [0.4, 0.5) is 0 Å². The van der Waals surface area contributed by atoms with E-state index in [2.05, 4.69) is 4.90 Å². The topological polar surface area (TPSA) is 174 Å². The van der Waals surface area contributed by atoms with E-state index in [9.17, 15) is 34.8 Å². The maximum Gasteiger partial charge on any atom is 0.255 e. The number of Topliss-reactive ketones (excluding diaryl/α,β-unsaturated/α-hetero) is 2. The van der Waals surface area contributed by atoms with Gasteiger partial charge in [-0.3, -0.25) is 24.2 Å². The Balaban J connectivity index is 1.66. The second-order valence-corrected chi connectivity index (χ2v) is 10.9. The summed E-state index contributed by atoms with van der Waals surface area (Å²) >= 11 is 0. The van der Waals surface area contributed by atoms with Crippen molar-refractivity contribution in [2.45, 2.75) is 43.9 Å². The van der Waals surface area contributed by atoms with Crippen LogP contribution in [0.15, 0.2) is 28.7 Å². The number of aliphatic hydroxyl groups is 3. The average molecular weight is 528 g/mol. The summed E-state index contributed by atoms with van der Waals surface area (Å²) in [6.07, 6.45) is 2.40. The van der Waals surface area contributed by atoms with Gasteiger partial charge in [0.05, 0.1) is 18.7 Å². The van der Waals surface area contributed by atoms with Crippen molar-refractivity contribution in [1.29, 1.82) is 0 Å². The first-order valence-electron chi connectivity index (χ1n) is 12.7. The molecule has 38 heavy (non-hydrogen) atoms. The number of likely N-dealkylation sites (N-methyl/N-ethyl adjacent to an activating group) is 1. The lowest BCUT2D eigenvalue weighted by molar-refractivity contribution is -0.148. The van der Waals surface area contributed by atoms with Gasteiger partial charge in [-0.15, -0.1) is 0 Å². The number of phenols is 1. The molecule has 0 radical (unpaired) electrons. The van der Waals surface area contributed by atoms with Crippen LogP contribution in [0.25, 0.3) is 0 Å². The third-order valence-corrected chi connectivity index (χ3v) is 8.55. The largest absolute Gasteiger partial charge is 0.510 e. The molecule has 0 unspecified atom stereocenters. The van der Waals surface area contributed by atoms with Gasteiger partial charge in [0.15, 0.2) is 11.4 Å². The van der Waals surface area contributed by atoms with Crippen LogP contribution in [0.3, 0.4) is 0 Å². The number of amides is 1. The first-order valence-corrected chi connectivity index (χ1v) is 12.7. The number of ketones is 2. The van der Waals surface area contributed by atoms with E-state index in [1.54, 1.807) is 14.1 Å². The van der Waals surface area contributed by atoms with Crippen LogP contribution in [0.1, 0.15) is 40.7 Å². The summed E-state index contributed by atoms with van der Waals surface area (Å²) in [4.78, 5) is 43.0. The summed E-state index contributed by atoms with van der Waals surface area (Å²) in [6, 6.07) is 0.462. The SMILES string of the molecule is COc1c(CN2CCCC2)cc(O)c2c1C[C@H]1C[C@H]3[C@H](N(C)C)C(O)=C(C(N)=O)C(=O)[C@@]3(O)C(O)=C1C2=O. The number of rotatable bonds is 5. The summed E-state index contributed by atoms with van der Waals surface area (Å²) in [5.41, 5.74) is 2.89. The van der Waals surface area contributed by atoms with Gasteiger partial charge in [-0.2, -0.15) is 0 Å². The van der Waals surface area contributed by atoms with E-state index in [-0.39, 0.29) is 29.7 Å². The van der Waals surface area contributed by atoms with E-state index >= 15 is 0 Å². The van der Waals surface area contributed by atoms with Crippen molar-refractivity contribution in [3.05, 3.63) is 45.4 Å². The molecule has 204 valence electrons. The van der Waals surface area contributed by atoms with E-state index < -0.39 is 58.0 Å². The molecule has 6 N–H and O–H groups in total. The molecule has 4 aliphatic rings. The number of aliphatic hydroxyl groups excluding tert-OH is 2. The molecular weight excluding hydrogens is 494 g/mol. The number of phenolic OH excluding ortho intramolecular Hbond substituents is 1. The van der Waals surface area contributed by atoms with Gasteiger partial charge in [-0.05, 0) is 64.9 Å². The minimum atomic E-state index is -2.65. The number of likely N-dealkylation sites (tertiary alicyclic amines) is 1. The quantitative estimate of drug-likeness (QED) is 0.343. The summed E-state index contributed by atoms with van der Waals surface area (Å²) in [5, 5.41) is 44.9. The summed E-state index contributed by atoms with van der Waals surface area (Å²) in [5.74, 6) is -6.20. The van der Waals surface area contributed by atoms with Gasteiger partial charge in [-0.25, -0.2) is 0 Å². The number of hydrogen-bond acceptors (Lipinski definition) is 10. The molecule has 11 heteroatoms. The maximum absolute atomic E-state index is 13.8. The monoisotopic (exact) mass is 527 g/mol. The molecule has 11 nitrogen and oxygen atoms in total. The number of primary amides is 1. The van der Waals surface area contributed by atoms with Gasteiger partial charge in [0, 0.05) is 29.2 Å². The van der Waals surface area contributed by atoms with Gasteiger partial charge >= 0.3 is 0 Å². The molecule has 1 fully saturated rings.